The molecule has 0 saturated heterocycles. The van der Waals surface area contributed by atoms with Crippen molar-refractivity contribution in [3.05, 3.63) is 0 Å². The zero-order valence-corrected chi connectivity index (χ0v) is 7.40. The summed E-state index contributed by atoms with van der Waals surface area (Å²) in [4.78, 5) is 0. The van der Waals surface area contributed by atoms with Crippen LogP contribution in [0.5, 0.6) is 0 Å². The molecule has 0 radical (unpaired) electrons. The van der Waals surface area contributed by atoms with Crippen LogP contribution in [0.25, 0.3) is 0 Å². The molecule has 0 aromatic heterocycles. The predicted molar refractivity (Wildman–Crippen MR) is 47.2 cm³/mol. The van der Waals surface area contributed by atoms with Gasteiger partial charge in [0.1, 0.15) is 0 Å². The van der Waals surface area contributed by atoms with Crippen molar-refractivity contribution in [3.63, 3.8) is 0 Å². The third kappa shape index (κ3) is 9.45. The first kappa shape index (κ1) is 10.4. The van der Waals surface area contributed by atoms with Crippen molar-refractivity contribution in [3.8, 4) is 6.07 Å². The average molecular weight is 154 g/mol. The Labute approximate surface area is 69.6 Å². The van der Waals surface area contributed by atoms with E-state index >= 15 is 0 Å². The summed E-state index contributed by atoms with van der Waals surface area (Å²) in [6.07, 6.45) is 5.39. The molecule has 1 N–H and O–H groups in total. The van der Waals surface area contributed by atoms with Gasteiger partial charge in [0.25, 0.3) is 0 Å². The van der Waals surface area contributed by atoms with Gasteiger partial charge in [0.15, 0.2) is 0 Å². The first-order chi connectivity index (χ1) is 5.41. The highest BCUT2D eigenvalue weighted by molar-refractivity contribution is 4.68. The number of nitriles is 1. The normalized spacial score (nSPS) is 9.45. The van der Waals surface area contributed by atoms with Crippen LogP contribution in [-0.2, 0) is 0 Å². The summed E-state index contributed by atoms with van der Waals surface area (Å²) < 4.78 is 0. The Morgan fingerprint density at radius 1 is 1.18 bits per heavy atom. The molecule has 0 spiro atoms. The standard InChI is InChI=1S/C9H18N2/c1-2-3-8-11-9-6-4-5-7-10/h11H,2-6,8-9H2,1H3. The molecule has 0 atom stereocenters. The van der Waals surface area contributed by atoms with E-state index in [-0.39, 0.29) is 0 Å². The minimum absolute atomic E-state index is 0.704. The lowest BCUT2D eigenvalue weighted by molar-refractivity contribution is 0.603. The molecule has 0 aliphatic carbocycles. The van der Waals surface area contributed by atoms with Gasteiger partial charge in [0, 0.05) is 6.42 Å². The van der Waals surface area contributed by atoms with E-state index in [9.17, 15) is 0 Å². The quantitative estimate of drug-likeness (QED) is 0.570. The summed E-state index contributed by atoms with van der Waals surface area (Å²) in [6, 6.07) is 2.14. The van der Waals surface area contributed by atoms with Crippen molar-refractivity contribution < 1.29 is 0 Å². The van der Waals surface area contributed by atoms with E-state index in [0.29, 0.717) is 6.42 Å². The van der Waals surface area contributed by atoms with Crippen molar-refractivity contribution in [2.75, 3.05) is 13.1 Å². The monoisotopic (exact) mass is 154 g/mol. The summed E-state index contributed by atoms with van der Waals surface area (Å²) >= 11 is 0. The van der Waals surface area contributed by atoms with Gasteiger partial charge in [-0.15, -0.1) is 0 Å². The number of rotatable bonds is 7. The maximum Gasteiger partial charge on any atom is 0.0621 e. The first-order valence-electron chi connectivity index (χ1n) is 4.49. The molecule has 11 heavy (non-hydrogen) atoms. The zero-order chi connectivity index (χ0) is 8.36. The Hall–Kier alpha value is -0.550. The number of unbranched alkanes of at least 4 members (excludes halogenated alkanes) is 3. The number of nitrogens with one attached hydrogen (secondary N) is 1. The van der Waals surface area contributed by atoms with Gasteiger partial charge in [-0.2, -0.15) is 5.26 Å². The largest absolute Gasteiger partial charge is 0.317 e. The van der Waals surface area contributed by atoms with E-state index in [4.69, 9.17) is 5.26 Å². The van der Waals surface area contributed by atoms with Crippen molar-refractivity contribution in [2.45, 2.75) is 39.0 Å². The van der Waals surface area contributed by atoms with Gasteiger partial charge in [0.05, 0.1) is 6.07 Å². The van der Waals surface area contributed by atoms with Gasteiger partial charge in [-0.1, -0.05) is 13.3 Å². The lowest BCUT2D eigenvalue weighted by Gasteiger charge is -2.00. The molecule has 64 valence electrons. The van der Waals surface area contributed by atoms with Crippen LogP contribution in [0.1, 0.15) is 39.0 Å². The maximum absolute atomic E-state index is 8.24. The maximum atomic E-state index is 8.24. The molecule has 0 aromatic rings. The van der Waals surface area contributed by atoms with Gasteiger partial charge in [0.2, 0.25) is 0 Å². The Balaban J connectivity index is 2.75. The van der Waals surface area contributed by atoms with E-state index in [1.165, 1.54) is 12.8 Å². The average Bonchev–Trinajstić information content (AvgIpc) is 2.03. The fourth-order valence-electron chi connectivity index (χ4n) is 0.881. The van der Waals surface area contributed by atoms with Crippen LogP contribution in [0.15, 0.2) is 0 Å². The Kier molecular flexibility index (Phi) is 8.98. The molecule has 0 fully saturated rings. The van der Waals surface area contributed by atoms with Crippen LogP contribution in [0.2, 0.25) is 0 Å². The van der Waals surface area contributed by atoms with Crippen LogP contribution in [-0.4, -0.2) is 13.1 Å². The van der Waals surface area contributed by atoms with Crippen molar-refractivity contribution in [1.82, 2.24) is 5.32 Å². The van der Waals surface area contributed by atoms with Gasteiger partial charge in [-0.05, 0) is 32.4 Å². The highest BCUT2D eigenvalue weighted by Gasteiger charge is 1.87. The second-order valence-electron chi connectivity index (χ2n) is 2.72. The molecular formula is C9H18N2. The molecule has 2 nitrogen and oxygen atoms in total. The van der Waals surface area contributed by atoms with E-state index in [1.807, 2.05) is 0 Å². The second kappa shape index (κ2) is 9.45. The number of nitrogens with zero attached hydrogens (tertiary/aromatic N) is 1. The molecule has 0 aromatic carbocycles. The highest BCUT2D eigenvalue weighted by atomic mass is 14.8. The predicted octanol–water partition coefficient (Wildman–Crippen LogP) is 2.07. The Bertz CT molecular complexity index is 105. The van der Waals surface area contributed by atoms with Crippen LogP contribution < -0.4 is 5.32 Å². The summed E-state index contributed by atoms with van der Waals surface area (Å²) in [5.41, 5.74) is 0. The minimum Gasteiger partial charge on any atom is -0.317 e. The molecule has 0 heterocycles. The zero-order valence-electron chi connectivity index (χ0n) is 7.40. The molecule has 0 aliphatic heterocycles. The van der Waals surface area contributed by atoms with E-state index in [0.717, 1.165) is 25.9 Å². The number of hydrogen-bond acceptors (Lipinski definition) is 2. The van der Waals surface area contributed by atoms with Crippen molar-refractivity contribution in [2.24, 2.45) is 0 Å². The van der Waals surface area contributed by atoms with Gasteiger partial charge in [-0.3, -0.25) is 0 Å². The summed E-state index contributed by atoms with van der Waals surface area (Å²) in [6.45, 7) is 4.39. The van der Waals surface area contributed by atoms with E-state index in [2.05, 4.69) is 18.3 Å². The van der Waals surface area contributed by atoms with Crippen LogP contribution in [0.3, 0.4) is 0 Å². The second-order valence-corrected chi connectivity index (χ2v) is 2.72. The van der Waals surface area contributed by atoms with Crippen molar-refractivity contribution in [1.29, 1.82) is 5.26 Å². The molecule has 0 saturated carbocycles. The minimum atomic E-state index is 0.704. The fourth-order valence-corrected chi connectivity index (χ4v) is 0.881. The molecule has 0 rings (SSSR count). The first-order valence-corrected chi connectivity index (χ1v) is 4.49. The molecule has 0 unspecified atom stereocenters. The number of hydrogen-bond donors (Lipinski definition) is 1. The molecule has 0 bridgehead atoms. The topological polar surface area (TPSA) is 35.8 Å². The Morgan fingerprint density at radius 2 is 1.91 bits per heavy atom. The highest BCUT2D eigenvalue weighted by Crippen LogP contribution is 1.91. The molecule has 0 aliphatic rings. The summed E-state index contributed by atoms with van der Waals surface area (Å²) in [7, 11) is 0. The molecule has 0 amide bonds. The van der Waals surface area contributed by atoms with E-state index < -0.39 is 0 Å². The van der Waals surface area contributed by atoms with Crippen LogP contribution in [0.4, 0.5) is 0 Å². The Morgan fingerprint density at radius 3 is 2.55 bits per heavy atom. The van der Waals surface area contributed by atoms with Gasteiger partial charge in [-0.25, -0.2) is 0 Å². The SMILES string of the molecule is CCCCNCCCCC#N. The van der Waals surface area contributed by atoms with Crippen LogP contribution in [0, 0.1) is 11.3 Å². The van der Waals surface area contributed by atoms with Gasteiger partial charge >= 0.3 is 0 Å². The third-order valence-corrected chi connectivity index (χ3v) is 1.60. The van der Waals surface area contributed by atoms with Gasteiger partial charge < -0.3 is 5.32 Å². The van der Waals surface area contributed by atoms with Crippen molar-refractivity contribution >= 4 is 0 Å². The third-order valence-electron chi connectivity index (χ3n) is 1.60. The summed E-state index contributed by atoms with van der Waals surface area (Å²) in [5, 5.41) is 11.6. The van der Waals surface area contributed by atoms with Crippen LogP contribution >= 0.6 is 0 Å². The molecule has 2 heteroatoms. The fraction of sp³-hybridized carbons (Fsp3) is 0.889. The smallest absolute Gasteiger partial charge is 0.0621 e. The lowest BCUT2D eigenvalue weighted by Crippen LogP contribution is -2.16. The summed E-state index contributed by atoms with van der Waals surface area (Å²) in [5.74, 6) is 0. The van der Waals surface area contributed by atoms with E-state index in [1.54, 1.807) is 0 Å². The molecular weight excluding hydrogens is 136 g/mol. The lowest BCUT2D eigenvalue weighted by atomic mass is 10.2.